The topological polar surface area (TPSA) is 68.5 Å². The molecule has 0 aliphatic heterocycles. The van der Waals surface area contributed by atoms with Crippen LogP contribution in [0.1, 0.15) is 39.8 Å². The van der Waals surface area contributed by atoms with Gasteiger partial charge < -0.3 is 10.1 Å². The van der Waals surface area contributed by atoms with Crippen molar-refractivity contribution in [2.45, 2.75) is 39.5 Å². The molecule has 0 aliphatic carbocycles. The number of hydrogen-bond donors (Lipinski definition) is 1. The number of hydrogen-bond acceptors (Lipinski definition) is 5. The molecule has 2 rings (SSSR count). The Kier molecular flexibility index (Phi) is 4.45. The minimum absolute atomic E-state index is 0.0196. The van der Waals surface area contributed by atoms with Gasteiger partial charge in [-0.05, 0) is 13.0 Å². The third kappa shape index (κ3) is 3.71. The van der Waals surface area contributed by atoms with Crippen LogP contribution in [-0.2, 0) is 14.9 Å². The van der Waals surface area contributed by atoms with E-state index in [0.717, 1.165) is 17.0 Å². The molecule has 0 bridgehead atoms. The standard InChI is InChI=1S/C15H22N4O2/c1-5-21-13(20)6-7-16-14-11-10-12(15(2,3)4)18-19(11)9-8-17-14/h8-10H,5-7H2,1-4H3,(H,16,17). The van der Waals surface area contributed by atoms with E-state index in [1.807, 2.05) is 12.3 Å². The largest absolute Gasteiger partial charge is 0.466 e. The van der Waals surface area contributed by atoms with Gasteiger partial charge in [0.25, 0.3) is 0 Å². The van der Waals surface area contributed by atoms with Gasteiger partial charge in [0.2, 0.25) is 0 Å². The maximum absolute atomic E-state index is 11.3. The Bertz CT molecular complexity index is 628. The van der Waals surface area contributed by atoms with E-state index in [2.05, 4.69) is 36.2 Å². The third-order valence-electron chi connectivity index (χ3n) is 3.09. The number of fused-ring (bicyclic) bond motifs is 1. The van der Waals surface area contributed by atoms with Crippen molar-refractivity contribution in [3.63, 3.8) is 0 Å². The van der Waals surface area contributed by atoms with E-state index in [1.54, 1.807) is 17.6 Å². The number of aromatic nitrogens is 3. The molecule has 0 fully saturated rings. The van der Waals surface area contributed by atoms with Crippen molar-refractivity contribution >= 4 is 17.3 Å². The Morgan fingerprint density at radius 2 is 2.19 bits per heavy atom. The van der Waals surface area contributed by atoms with Gasteiger partial charge in [0.1, 0.15) is 5.52 Å². The highest BCUT2D eigenvalue weighted by atomic mass is 16.5. The second kappa shape index (κ2) is 6.11. The molecule has 6 heteroatoms. The first kappa shape index (κ1) is 15.3. The van der Waals surface area contributed by atoms with Gasteiger partial charge in [0, 0.05) is 24.4 Å². The lowest BCUT2D eigenvalue weighted by Gasteiger charge is -2.13. The molecule has 0 unspecified atom stereocenters. The smallest absolute Gasteiger partial charge is 0.307 e. The highest BCUT2D eigenvalue weighted by Gasteiger charge is 2.19. The molecule has 0 atom stereocenters. The monoisotopic (exact) mass is 290 g/mol. The number of rotatable bonds is 5. The fraction of sp³-hybridized carbons (Fsp3) is 0.533. The molecule has 2 aromatic rings. The minimum Gasteiger partial charge on any atom is -0.466 e. The summed E-state index contributed by atoms with van der Waals surface area (Å²) >= 11 is 0. The molecule has 1 N–H and O–H groups in total. The minimum atomic E-state index is -0.208. The van der Waals surface area contributed by atoms with Crippen LogP contribution in [0, 0.1) is 0 Å². The normalized spacial score (nSPS) is 11.6. The second-order valence-corrected chi connectivity index (χ2v) is 5.87. The number of esters is 1. The van der Waals surface area contributed by atoms with Crippen LogP contribution < -0.4 is 5.32 Å². The van der Waals surface area contributed by atoms with Crippen LogP contribution in [0.5, 0.6) is 0 Å². The van der Waals surface area contributed by atoms with Crippen molar-refractivity contribution in [1.82, 2.24) is 14.6 Å². The highest BCUT2D eigenvalue weighted by molar-refractivity contribution is 5.71. The first-order chi connectivity index (χ1) is 9.91. The molecule has 0 saturated heterocycles. The van der Waals surface area contributed by atoms with Gasteiger partial charge in [0.15, 0.2) is 5.82 Å². The van der Waals surface area contributed by atoms with Crippen LogP contribution in [0.2, 0.25) is 0 Å². The summed E-state index contributed by atoms with van der Waals surface area (Å²) < 4.78 is 6.71. The van der Waals surface area contributed by atoms with E-state index in [9.17, 15) is 4.79 Å². The van der Waals surface area contributed by atoms with Crippen molar-refractivity contribution in [2.75, 3.05) is 18.5 Å². The SMILES string of the molecule is CCOC(=O)CCNc1nccn2nc(C(C)(C)C)cc12. The van der Waals surface area contributed by atoms with Crippen LogP contribution in [0.3, 0.4) is 0 Å². The molecule has 0 aliphatic rings. The van der Waals surface area contributed by atoms with Crippen molar-refractivity contribution < 1.29 is 9.53 Å². The number of ether oxygens (including phenoxy) is 1. The van der Waals surface area contributed by atoms with Gasteiger partial charge in [-0.2, -0.15) is 5.10 Å². The summed E-state index contributed by atoms with van der Waals surface area (Å²) in [7, 11) is 0. The summed E-state index contributed by atoms with van der Waals surface area (Å²) in [6, 6.07) is 2.03. The number of carbonyl (C=O) groups excluding carboxylic acids is 1. The predicted molar refractivity (Wildman–Crippen MR) is 81.4 cm³/mol. The average Bonchev–Trinajstić information content (AvgIpc) is 2.84. The predicted octanol–water partition coefficient (Wildman–Crippen LogP) is 2.39. The van der Waals surface area contributed by atoms with Gasteiger partial charge in [0.05, 0.1) is 18.7 Å². The zero-order valence-corrected chi connectivity index (χ0v) is 13.0. The van der Waals surface area contributed by atoms with E-state index in [1.165, 1.54) is 0 Å². The molecule has 2 heterocycles. The van der Waals surface area contributed by atoms with Crippen LogP contribution in [0.4, 0.5) is 5.82 Å². The summed E-state index contributed by atoms with van der Waals surface area (Å²) in [5, 5.41) is 7.73. The first-order valence-electron chi connectivity index (χ1n) is 7.16. The van der Waals surface area contributed by atoms with Crippen LogP contribution in [-0.4, -0.2) is 33.7 Å². The number of nitrogens with zero attached hydrogens (tertiary/aromatic N) is 3. The molecular formula is C15H22N4O2. The quantitative estimate of drug-likeness (QED) is 0.856. The Morgan fingerprint density at radius 1 is 1.43 bits per heavy atom. The van der Waals surface area contributed by atoms with Crippen molar-refractivity contribution in [1.29, 1.82) is 0 Å². The second-order valence-electron chi connectivity index (χ2n) is 5.87. The van der Waals surface area contributed by atoms with Crippen molar-refractivity contribution in [3.8, 4) is 0 Å². The third-order valence-corrected chi connectivity index (χ3v) is 3.09. The van der Waals surface area contributed by atoms with Crippen LogP contribution in [0.15, 0.2) is 18.5 Å². The van der Waals surface area contributed by atoms with E-state index < -0.39 is 0 Å². The van der Waals surface area contributed by atoms with Crippen molar-refractivity contribution in [3.05, 3.63) is 24.2 Å². The van der Waals surface area contributed by atoms with Gasteiger partial charge in [-0.1, -0.05) is 20.8 Å². The van der Waals surface area contributed by atoms with E-state index in [4.69, 9.17) is 4.74 Å². The lowest BCUT2D eigenvalue weighted by atomic mass is 9.92. The summed E-state index contributed by atoms with van der Waals surface area (Å²) in [4.78, 5) is 15.7. The molecular weight excluding hydrogens is 268 g/mol. The molecule has 21 heavy (non-hydrogen) atoms. The van der Waals surface area contributed by atoms with E-state index >= 15 is 0 Å². The molecule has 2 aromatic heterocycles. The zero-order chi connectivity index (χ0) is 15.5. The van der Waals surface area contributed by atoms with Crippen molar-refractivity contribution in [2.24, 2.45) is 0 Å². The highest BCUT2D eigenvalue weighted by Crippen LogP contribution is 2.24. The van der Waals surface area contributed by atoms with Crippen LogP contribution in [0.25, 0.3) is 5.52 Å². The molecule has 114 valence electrons. The van der Waals surface area contributed by atoms with Gasteiger partial charge in [-0.3, -0.25) is 4.79 Å². The number of carbonyl (C=O) groups is 1. The van der Waals surface area contributed by atoms with Gasteiger partial charge in [-0.15, -0.1) is 0 Å². The Morgan fingerprint density at radius 3 is 2.86 bits per heavy atom. The molecule has 0 radical (unpaired) electrons. The fourth-order valence-corrected chi connectivity index (χ4v) is 1.94. The molecule has 0 amide bonds. The molecule has 0 saturated carbocycles. The number of anilines is 1. The summed E-state index contributed by atoms with van der Waals surface area (Å²) in [5.74, 6) is 0.519. The summed E-state index contributed by atoms with van der Waals surface area (Å²) in [6.45, 7) is 9.06. The Labute approximate surface area is 124 Å². The first-order valence-corrected chi connectivity index (χ1v) is 7.16. The Hall–Kier alpha value is -2.11. The average molecular weight is 290 g/mol. The van der Waals surface area contributed by atoms with Gasteiger partial charge in [-0.25, -0.2) is 9.50 Å². The molecule has 0 spiro atoms. The lowest BCUT2D eigenvalue weighted by molar-refractivity contribution is -0.142. The Balaban J connectivity index is 2.13. The molecule has 0 aromatic carbocycles. The maximum atomic E-state index is 11.3. The fourth-order valence-electron chi connectivity index (χ4n) is 1.94. The summed E-state index contributed by atoms with van der Waals surface area (Å²) in [6.07, 6.45) is 3.83. The van der Waals surface area contributed by atoms with Gasteiger partial charge >= 0.3 is 5.97 Å². The van der Waals surface area contributed by atoms with Crippen LogP contribution >= 0.6 is 0 Å². The van der Waals surface area contributed by atoms with E-state index in [-0.39, 0.29) is 11.4 Å². The lowest BCUT2D eigenvalue weighted by Crippen LogP contribution is -2.12. The maximum Gasteiger partial charge on any atom is 0.307 e. The summed E-state index contributed by atoms with van der Waals surface area (Å²) in [5.41, 5.74) is 1.89. The molecule has 6 nitrogen and oxygen atoms in total. The number of nitrogens with one attached hydrogen (secondary N) is 1. The zero-order valence-electron chi connectivity index (χ0n) is 13.0. The van der Waals surface area contributed by atoms with E-state index in [0.29, 0.717) is 19.6 Å².